The van der Waals surface area contributed by atoms with Gasteiger partial charge in [-0.05, 0) is 32.6 Å². The summed E-state index contributed by atoms with van der Waals surface area (Å²) in [5, 5.41) is 3.76. The van der Waals surface area contributed by atoms with E-state index in [1.807, 2.05) is 0 Å². The van der Waals surface area contributed by atoms with E-state index in [1.54, 1.807) is 0 Å². The Labute approximate surface area is 151 Å². The number of ether oxygens (including phenoxy) is 1. The van der Waals surface area contributed by atoms with E-state index in [4.69, 9.17) is 9.72 Å². The number of aromatic nitrogens is 2. The average molecular weight is 345 g/mol. The number of aryl methyl sites for hydroxylation is 1. The van der Waals surface area contributed by atoms with Crippen LogP contribution in [-0.2, 0) is 4.74 Å². The number of piperidine rings is 1. The Bertz CT molecular complexity index is 589. The summed E-state index contributed by atoms with van der Waals surface area (Å²) in [5.41, 5.74) is 1.43. The van der Waals surface area contributed by atoms with Crippen LogP contribution in [0.5, 0.6) is 0 Å². The molecular formula is C19H31N5O. The van der Waals surface area contributed by atoms with Gasteiger partial charge in [-0.3, -0.25) is 0 Å². The van der Waals surface area contributed by atoms with Crippen molar-refractivity contribution in [2.24, 2.45) is 5.41 Å². The fourth-order valence-electron chi connectivity index (χ4n) is 4.01. The Balaban J connectivity index is 1.34. The second-order valence-corrected chi connectivity index (χ2v) is 8.31. The third-order valence-corrected chi connectivity index (χ3v) is 5.76. The van der Waals surface area contributed by atoms with Gasteiger partial charge in [0, 0.05) is 55.9 Å². The van der Waals surface area contributed by atoms with Gasteiger partial charge in [-0.2, -0.15) is 4.98 Å². The number of hydrogen-bond donors (Lipinski definition) is 1. The van der Waals surface area contributed by atoms with Crippen molar-refractivity contribution in [2.75, 3.05) is 55.7 Å². The van der Waals surface area contributed by atoms with E-state index in [9.17, 15) is 0 Å². The summed E-state index contributed by atoms with van der Waals surface area (Å²) in [6, 6.07) is 2.76. The highest BCUT2D eigenvalue weighted by atomic mass is 16.5. The van der Waals surface area contributed by atoms with Crippen molar-refractivity contribution in [3.8, 4) is 0 Å². The highest BCUT2D eigenvalue weighted by molar-refractivity contribution is 5.46. The predicted octanol–water partition coefficient (Wildman–Crippen LogP) is 1.98. The van der Waals surface area contributed by atoms with E-state index in [2.05, 4.69) is 40.0 Å². The van der Waals surface area contributed by atoms with Crippen molar-refractivity contribution in [1.29, 1.82) is 0 Å². The molecule has 1 N–H and O–H groups in total. The Morgan fingerprint density at radius 2 is 1.84 bits per heavy atom. The van der Waals surface area contributed by atoms with Gasteiger partial charge in [0.05, 0.1) is 13.2 Å². The highest BCUT2D eigenvalue weighted by Crippen LogP contribution is 2.27. The second-order valence-electron chi connectivity index (χ2n) is 8.31. The van der Waals surface area contributed by atoms with Crippen molar-refractivity contribution in [2.45, 2.75) is 45.6 Å². The molecule has 138 valence electrons. The van der Waals surface area contributed by atoms with Crippen LogP contribution < -0.4 is 15.1 Å². The molecule has 0 spiro atoms. The van der Waals surface area contributed by atoms with Crippen molar-refractivity contribution >= 4 is 11.8 Å². The quantitative estimate of drug-likeness (QED) is 0.881. The number of rotatable bonds is 5. The molecular weight excluding hydrogens is 314 g/mol. The zero-order valence-electron chi connectivity index (χ0n) is 15.6. The number of nitrogens with one attached hydrogen (secondary N) is 1. The fraction of sp³-hybridized carbons (Fsp3) is 0.789. The molecule has 0 radical (unpaired) electrons. The zero-order valence-corrected chi connectivity index (χ0v) is 15.6. The molecule has 3 fully saturated rings. The molecule has 4 heterocycles. The molecule has 1 aromatic heterocycles. The normalized spacial score (nSPS) is 23.8. The van der Waals surface area contributed by atoms with E-state index >= 15 is 0 Å². The third-order valence-electron chi connectivity index (χ3n) is 5.76. The topological polar surface area (TPSA) is 53.5 Å². The summed E-state index contributed by atoms with van der Waals surface area (Å²) in [7, 11) is 0. The lowest BCUT2D eigenvalue weighted by Gasteiger charge is -2.40. The van der Waals surface area contributed by atoms with Gasteiger partial charge in [0.1, 0.15) is 5.82 Å². The largest absolute Gasteiger partial charge is 0.380 e. The SMILES string of the molecule is Cc1cc(N2CCC(NCC3(C)COC3)CC2)nc(N2CCCC2)n1. The molecule has 0 aromatic carbocycles. The first-order chi connectivity index (χ1) is 12.1. The minimum absolute atomic E-state index is 0.353. The molecule has 3 aliphatic heterocycles. The van der Waals surface area contributed by atoms with Crippen LogP contribution in [0.4, 0.5) is 11.8 Å². The Kier molecular flexibility index (Phi) is 4.82. The number of anilines is 2. The monoisotopic (exact) mass is 345 g/mol. The predicted molar refractivity (Wildman–Crippen MR) is 100 cm³/mol. The van der Waals surface area contributed by atoms with Gasteiger partial charge in [-0.25, -0.2) is 4.98 Å². The highest BCUT2D eigenvalue weighted by Gasteiger charge is 2.34. The van der Waals surface area contributed by atoms with Crippen LogP contribution in [0.2, 0.25) is 0 Å². The summed E-state index contributed by atoms with van der Waals surface area (Å²) in [6.07, 6.45) is 4.87. The molecule has 0 amide bonds. The summed E-state index contributed by atoms with van der Waals surface area (Å²) in [5.74, 6) is 2.03. The molecule has 4 rings (SSSR count). The summed E-state index contributed by atoms with van der Waals surface area (Å²) < 4.78 is 5.35. The van der Waals surface area contributed by atoms with Gasteiger partial charge in [-0.15, -0.1) is 0 Å². The molecule has 25 heavy (non-hydrogen) atoms. The van der Waals surface area contributed by atoms with Gasteiger partial charge in [0.2, 0.25) is 5.95 Å². The second kappa shape index (κ2) is 7.08. The average Bonchev–Trinajstić information content (AvgIpc) is 3.13. The molecule has 6 nitrogen and oxygen atoms in total. The molecule has 0 saturated carbocycles. The molecule has 3 saturated heterocycles. The van der Waals surface area contributed by atoms with Gasteiger partial charge >= 0.3 is 0 Å². The maximum Gasteiger partial charge on any atom is 0.227 e. The molecule has 0 bridgehead atoms. The van der Waals surface area contributed by atoms with Gasteiger partial charge < -0.3 is 19.9 Å². The molecule has 0 aliphatic carbocycles. The van der Waals surface area contributed by atoms with E-state index < -0.39 is 0 Å². The van der Waals surface area contributed by atoms with Crippen LogP contribution >= 0.6 is 0 Å². The number of hydrogen-bond acceptors (Lipinski definition) is 6. The smallest absolute Gasteiger partial charge is 0.227 e. The lowest BCUT2D eigenvalue weighted by molar-refractivity contribution is -0.100. The minimum Gasteiger partial charge on any atom is -0.380 e. The van der Waals surface area contributed by atoms with Crippen LogP contribution in [-0.4, -0.2) is 61.9 Å². The first-order valence-corrected chi connectivity index (χ1v) is 9.78. The summed E-state index contributed by atoms with van der Waals surface area (Å²) >= 11 is 0. The van der Waals surface area contributed by atoms with Crippen molar-refractivity contribution in [3.05, 3.63) is 11.8 Å². The maximum atomic E-state index is 5.35. The Morgan fingerprint density at radius 1 is 1.12 bits per heavy atom. The first kappa shape index (κ1) is 17.0. The maximum absolute atomic E-state index is 5.35. The number of nitrogens with zero attached hydrogens (tertiary/aromatic N) is 4. The Hall–Kier alpha value is -1.40. The Morgan fingerprint density at radius 3 is 2.48 bits per heavy atom. The molecule has 0 unspecified atom stereocenters. The fourth-order valence-corrected chi connectivity index (χ4v) is 4.01. The third kappa shape index (κ3) is 3.90. The van der Waals surface area contributed by atoms with Crippen molar-refractivity contribution < 1.29 is 4.74 Å². The van der Waals surface area contributed by atoms with Gasteiger partial charge in [-0.1, -0.05) is 6.92 Å². The molecule has 3 aliphatic rings. The van der Waals surface area contributed by atoms with E-state index in [-0.39, 0.29) is 0 Å². The zero-order chi connectivity index (χ0) is 17.3. The van der Waals surface area contributed by atoms with E-state index in [1.165, 1.54) is 25.7 Å². The van der Waals surface area contributed by atoms with E-state index in [0.717, 1.165) is 63.4 Å². The standard InChI is InChI=1S/C19H31N5O/c1-15-11-17(22-18(21-15)24-7-3-4-8-24)23-9-5-16(6-10-23)20-12-19(2)13-25-14-19/h11,16,20H,3-10,12-14H2,1-2H3. The van der Waals surface area contributed by atoms with Crippen molar-refractivity contribution in [1.82, 2.24) is 15.3 Å². The van der Waals surface area contributed by atoms with Gasteiger partial charge in [0.15, 0.2) is 0 Å². The first-order valence-electron chi connectivity index (χ1n) is 9.78. The van der Waals surface area contributed by atoms with Gasteiger partial charge in [0.25, 0.3) is 0 Å². The van der Waals surface area contributed by atoms with Crippen LogP contribution in [0.1, 0.15) is 38.3 Å². The molecule has 0 atom stereocenters. The van der Waals surface area contributed by atoms with Crippen molar-refractivity contribution in [3.63, 3.8) is 0 Å². The summed E-state index contributed by atoms with van der Waals surface area (Å²) in [6.45, 7) is 11.6. The molecule has 1 aromatic rings. The lowest BCUT2D eigenvalue weighted by atomic mass is 9.88. The lowest BCUT2D eigenvalue weighted by Crippen LogP contribution is -2.51. The minimum atomic E-state index is 0.353. The van der Waals surface area contributed by atoms with Crippen LogP contribution in [0.25, 0.3) is 0 Å². The van der Waals surface area contributed by atoms with Crippen LogP contribution in [0.15, 0.2) is 6.07 Å². The van der Waals surface area contributed by atoms with E-state index in [0.29, 0.717) is 11.5 Å². The summed E-state index contributed by atoms with van der Waals surface area (Å²) in [4.78, 5) is 14.3. The van der Waals surface area contributed by atoms with Crippen LogP contribution in [0.3, 0.4) is 0 Å². The van der Waals surface area contributed by atoms with Crippen LogP contribution in [0, 0.1) is 12.3 Å². The molecule has 6 heteroatoms.